The van der Waals surface area contributed by atoms with E-state index in [1.807, 2.05) is 6.07 Å². The van der Waals surface area contributed by atoms with Crippen LogP contribution in [0.5, 0.6) is 0 Å². The Balaban J connectivity index is 1.80. The summed E-state index contributed by atoms with van der Waals surface area (Å²) >= 11 is 5.13. The maximum absolute atomic E-state index is 5.28. The third-order valence-corrected chi connectivity index (χ3v) is 3.40. The van der Waals surface area contributed by atoms with Crippen LogP contribution in [0.1, 0.15) is 4.88 Å². The first kappa shape index (κ1) is 10.4. The van der Waals surface area contributed by atoms with Crippen LogP contribution in [0.15, 0.2) is 20.3 Å². The van der Waals surface area contributed by atoms with Crippen molar-refractivity contribution < 1.29 is 4.42 Å². The number of rotatable bonds is 4. The van der Waals surface area contributed by atoms with Crippen molar-refractivity contribution in [3.8, 4) is 0 Å². The summed E-state index contributed by atoms with van der Waals surface area (Å²) in [5, 5.41) is 10.2. The Hall–Kier alpha value is -1.08. The summed E-state index contributed by atoms with van der Waals surface area (Å²) in [6.45, 7) is 0.745. The topological polar surface area (TPSA) is 77.0 Å². The largest absolute Gasteiger partial charge is 0.390 e. The van der Waals surface area contributed by atoms with Crippen LogP contribution >= 0.6 is 27.3 Å². The maximum atomic E-state index is 5.28. The second-order valence-corrected chi connectivity index (χ2v) is 5.38. The number of nitrogens with zero attached hydrogens (tertiary/aromatic N) is 2. The Morgan fingerprint density at radius 3 is 2.93 bits per heavy atom. The highest BCUT2D eigenvalue weighted by atomic mass is 79.9. The molecule has 0 radical (unpaired) electrons. The second-order valence-electron chi connectivity index (χ2n) is 2.83. The molecule has 0 aliphatic heterocycles. The van der Waals surface area contributed by atoms with Crippen LogP contribution in [0.4, 0.5) is 12.0 Å². The molecule has 0 saturated heterocycles. The van der Waals surface area contributed by atoms with E-state index in [4.69, 9.17) is 10.2 Å². The number of anilines is 2. The molecule has 0 aromatic carbocycles. The van der Waals surface area contributed by atoms with Crippen LogP contribution < -0.4 is 11.1 Å². The summed E-state index contributed by atoms with van der Waals surface area (Å²) < 4.78 is 6.10. The number of halogens is 1. The Bertz CT molecular complexity index is 401. The Morgan fingerprint density at radius 1 is 1.47 bits per heavy atom. The van der Waals surface area contributed by atoms with Crippen molar-refractivity contribution in [3.05, 3.63) is 20.8 Å². The lowest BCUT2D eigenvalue weighted by molar-refractivity contribution is 0.586. The number of hydrogen-bond acceptors (Lipinski definition) is 6. The lowest BCUT2D eigenvalue weighted by Crippen LogP contribution is -2.03. The molecule has 5 nitrogen and oxygen atoms in total. The van der Waals surface area contributed by atoms with Gasteiger partial charge in [-0.25, -0.2) is 0 Å². The van der Waals surface area contributed by atoms with E-state index >= 15 is 0 Å². The van der Waals surface area contributed by atoms with E-state index in [0.717, 1.165) is 16.8 Å². The van der Waals surface area contributed by atoms with Crippen LogP contribution in [0.25, 0.3) is 0 Å². The molecule has 80 valence electrons. The van der Waals surface area contributed by atoms with E-state index in [1.54, 1.807) is 11.3 Å². The summed E-state index contributed by atoms with van der Waals surface area (Å²) in [5.74, 6) is 0. The minimum atomic E-state index is 0.0800. The minimum absolute atomic E-state index is 0.0800. The Kier molecular flexibility index (Phi) is 3.22. The van der Waals surface area contributed by atoms with Crippen molar-refractivity contribution in [2.24, 2.45) is 0 Å². The van der Waals surface area contributed by atoms with Gasteiger partial charge in [-0.1, -0.05) is 10.2 Å². The van der Waals surface area contributed by atoms with Gasteiger partial charge in [0.05, 0.1) is 3.79 Å². The van der Waals surface area contributed by atoms with E-state index in [0.29, 0.717) is 6.01 Å². The zero-order chi connectivity index (χ0) is 10.7. The van der Waals surface area contributed by atoms with Gasteiger partial charge in [0.25, 0.3) is 0 Å². The number of hydrogen-bond donors (Lipinski definition) is 2. The van der Waals surface area contributed by atoms with Gasteiger partial charge in [0.15, 0.2) is 0 Å². The molecule has 0 aliphatic rings. The molecule has 0 unspecified atom stereocenters. The summed E-state index contributed by atoms with van der Waals surface area (Å²) in [5.41, 5.74) is 5.28. The number of nitrogens with one attached hydrogen (secondary N) is 1. The predicted octanol–water partition coefficient (Wildman–Crippen LogP) is 2.13. The number of nitrogens with two attached hydrogens (primary N) is 1. The third kappa shape index (κ3) is 2.93. The van der Waals surface area contributed by atoms with Gasteiger partial charge in [0.2, 0.25) is 0 Å². The van der Waals surface area contributed by atoms with Crippen molar-refractivity contribution in [1.29, 1.82) is 0 Å². The summed E-state index contributed by atoms with van der Waals surface area (Å²) in [6.07, 6.45) is 0.915. The van der Waals surface area contributed by atoms with Crippen LogP contribution in [-0.4, -0.2) is 16.7 Å². The zero-order valence-corrected chi connectivity index (χ0v) is 10.1. The maximum Gasteiger partial charge on any atom is 0.316 e. The number of aromatic nitrogens is 2. The van der Waals surface area contributed by atoms with Gasteiger partial charge >= 0.3 is 12.0 Å². The molecule has 2 aromatic rings. The molecular formula is C8H9BrN4OS. The third-order valence-electron chi connectivity index (χ3n) is 1.72. The molecule has 15 heavy (non-hydrogen) atoms. The van der Waals surface area contributed by atoms with Gasteiger partial charge in [-0.2, -0.15) is 0 Å². The minimum Gasteiger partial charge on any atom is -0.390 e. The van der Waals surface area contributed by atoms with E-state index in [2.05, 4.69) is 37.5 Å². The fourth-order valence-corrected chi connectivity index (χ4v) is 2.57. The number of thiophene rings is 1. The van der Waals surface area contributed by atoms with Crippen LogP contribution in [0.2, 0.25) is 0 Å². The van der Waals surface area contributed by atoms with Crippen molar-refractivity contribution in [2.75, 3.05) is 17.6 Å². The summed E-state index contributed by atoms with van der Waals surface area (Å²) in [7, 11) is 0. The monoisotopic (exact) mass is 288 g/mol. The standard InChI is InChI=1S/C8H9BrN4OS/c9-6-2-1-5(15-6)3-4-11-8-13-12-7(10)14-8/h1-2H,3-4H2,(H2,10,12)(H,11,13). The van der Waals surface area contributed by atoms with Crippen LogP contribution in [0, 0.1) is 0 Å². The van der Waals surface area contributed by atoms with E-state index in [1.165, 1.54) is 4.88 Å². The molecule has 2 heterocycles. The van der Waals surface area contributed by atoms with Gasteiger partial charge in [0.1, 0.15) is 0 Å². The van der Waals surface area contributed by atoms with Crippen molar-refractivity contribution in [3.63, 3.8) is 0 Å². The van der Waals surface area contributed by atoms with Gasteiger partial charge in [0, 0.05) is 11.4 Å². The average Bonchev–Trinajstić information content (AvgIpc) is 2.76. The molecule has 0 amide bonds. The van der Waals surface area contributed by atoms with E-state index in [9.17, 15) is 0 Å². The molecule has 7 heteroatoms. The summed E-state index contributed by atoms with van der Waals surface area (Å²) in [4.78, 5) is 1.29. The molecule has 0 bridgehead atoms. The van der Waals surface area contributed by atoms with Gasteiger partial charge in [-0.15, -0.1) is 11.3 Å². The molecule has 0 saturated carbocycles. The first-order valence-electron chi connectivity index (χ1n) is 4.31. The fourth-order valence-electron chi connectivity index (χ4n) is 1.08. The van der Waals surface area contributed by atoms with Crippen LogP contribution in [0.3, 0.4) is 0 Å². The van der Waals surface area contributed by atoms with E-state index < -0.39 is 0 Å². The average molecular weight is 289 g/mol. The first-order chi connectivity index (χ1) is 7.24. The smallest absolute Gasteiger partial charge is 0.316 e. The first-order valence-corrected chi connectivity index (χ1v) is 5.92. The predicted molar refractivity (Wildman–Crippen MR) is 62.9 cm³/mol. The zero-order valence-electron chi connectivity index (χ0n) is 7.74. The molecule has 3 N–H and O–H groups in total. The molecule has 0 fully saturated rings. The van der Waals surface area contributed by atoms with Crippen molar-refractivity contribution in [1.82, 2.24) is 10.2 Å². The Labute approximate surface area is 98.8 Å². The molecular weight excluding hydrogens is 280 g/mol. The molecule has 2 aromatic heterocycles. The highest BCUT2D eigenvalue weighted by molar-refractivity contribution is 9.11. The lowest BCUT2D eigenvalue weighted by Gasteiger charge is -1.98. The Morgan fingerprint density at radius 2 is 2.33 bits per heavy atom. The highest BCUT2D eigenvalue weighted by Crippen LogP contribution is 2.22. The molecule has 0 atom stereocenters. The molecule has 2 rings (SSSR count). The highest BCUT2D eigenvalue weighted by Gasteiger charge is 2.02. The second kappa shape index (κ2) is 4.63. The van der Waals surface area contributed by atoms with Gasteiger partial charge in [-0.05, 0) is 34.5 Å². The van der Waals surface area contributed by atoms with Crippen molar-refractivity contribution in [2.45, 2.75) is 6.42 Å². The molecule has 0 spiro atoms. The SMILES string of the molecule is Nc1nnc(NCCc2ccc(Br)s2)o1. The van der Waals surface area contributed by atoms with Gasteiger partial charge in [-0.3, -0.25) is 0 Å². The number of nitrogen functional groups attached to an aromatic ring is 1. The van der Waals surface area contributed by atoms with E-state index in [-0.39, 0.29) is 6.01 Å². The summed E-state index contributed by atoms with van der Waals surface area (Å²) in [6, 6.07) is 4.56. The quantitative estimate of drug-likeness (QED) is 0.901. The molecule has 0 aliphatic carbocycles. The van der Waals surface area contributed by atoms with Crippen LogP contribution in [-0.2, 0) is 6.42 Å². The fraction of sp³-hybridized carbons (Fsp3) is 0.250. The lowest BCUT2D eigenvalue weighted by atomic mass is 10.3. The van der Waals surface area contributed by atoms with Crippen molar-refractivity contribution >= 4 is 39.3 Å². The normalized spacial score (nSPS) is 10.5. The van der Waals surface area contributed by atoms with Gasteiger partial charge < -0.3 is 15.5 Å².